The molecule has 1 aliphatic heterocycles. The summed E-state index contributed by atoms with van der Waals surface area (Å²) in [6, 6.07) is 20.2. The number of aromatic nitrogens is 1. The zero-order valence-corrected chi connectivity index (χ0v) is 18.9. The summed E-state index contributed by atoms with van der Waals surface area (Å²) < 4.78 is 0. The summed E-state index contributed by atoms with van der Waals surface area (Å²) >= 11 is 1.41. The van der Waals surface area contributed by atoms with Gasteiger partial charge < -0.3 is 15.3 Å². The van der Waals surface area contributed by atoms with Gasteiger partial charge in [-0.05, 0) is 30.4 Å². The fraction of sp³-hybridized carbons (Fsp3) is 0.385. The third-order valence-electron chi connectivity index (χ3n) is 7.01. The van der Waals surface area contributed by atoms with Gasteiger partial charge in [-0.2, -0.15) is 0 Å². The van der Waals surface area contributed by atoms with E-state index in [1.54, 1.807) is 6.20 Å². The maximum absolute atomic E-state index is 13.5. The van der Waals surface area contributed by atoms with Crippen LogP contribution in [0, 0.1) is 5.92 Å². The molecule has 1 aliphatic carbocycles. The van der Waals surface area contributed by atoms with E-state index in [2.05, 4.69) is 22.4 Å². The molecule has 5 nitrogen and oxygen atoms in total. The Balaban J connectivity index is 1.32. The molecule has 1 unspecified atom stereocenters. The van der Waals surface area contributed by atoms with Gasteiger partial charge >= 0.3 is 0 Å². The number of hydrogen-bond donors (Lipinski definition) is 2. The number of carbonyl (C=O) groups is 1. The molecule has 2 aromatic carbocycles. The molecule has 1 aromatic heterocycles. The highest BCUT2D eigenvalue weighted by molar-refractivity contribution is 7.17. The number of likely N-dealkylation sites (tertiary alicyclic amines) is 1. The molecule has 2 heterocycles. The lowest BCUT2D eigenvalue weighted by Gasteiger charge is -2.52. The van der Waals surface area contributed by atoms with Crippen LogP contribution in [0.25, 0.3) is 0 Å². The molecule has 2 N–H and O–H groups in total. The average molecular weight is 448 g/mol. The number of hydrogen-bond acceptors (Lipinski definition) is 5. The van der Waals surface area contributed by atoms with Crippen LogP contribution in [0.2, 0.25) is 0 Å². The van der Waals surface area contributed by atoms with Crippen LogP contribution in [0.15, 0.2) is 66.9 Å². The maximum atomic E-state index is 13.5. The Morgan fingerprint density at radius 3 is 2.59 bits per heavy atom. The van der Waals surface area contributed by atoms with Gasteiger partial charge in [-0.25, -0.2) is 4.98 Å². The molecule has 166 valence electrons. The molecule has 1 saturated heterocycles. The predicted molar refractivity (Wildman–Crippen MR) is 128 cm³/mol. The van der Waals surface area contributed by atoms with Gasteiger partial charge in [0.05, 0.1) is 11.8 Å². The van der Waals surface area contributed by atoms with Gasteiger partial charge in [-0.1, -0.05) is 84.8 Å². The van der Waals surface area contributed by atoms with E-state index in [-0.39, 0.29) is 17.9 Å². The molecule has 6 heteroatoms. The number of benzene rings is 2. The Bertz CT molecular complexity index is 1060. The van der Waals surface area contributed by atoms with Crippen molar-refractivity contribution in [3.63, 3.8) is 0 Å². The largest absolute Gasteiger partial charge is 0.385 e. The first kappa shape index (κ1) is 21.2. The van der Waals surface area contributed by atoms with Gasteiger partial charge in [0, 0.05) is 25.0 Å². The average Bonchev–Trinajstić information content (AvgIpc) is 3.33. The number of thiazole rings is 1. The van der Waals surface area contributed by atoms with Crippen LogP contribution in [0.4, 0.5) is 5.13 Å². The fourth-order valence-electron chi connectivity index (χ4n) is 5.39. The van der Waals surface area contributed by atoms with Gasteiger partial charge in [-0.15, -0.1) is 0 Å². The number of rotatable bonds is 5. The second-order valence-corrected chi connectivity index (χ2v) is 9.90. The Hall–Kier alpha value is -2.70. The van der Waals surface area contributed by atoms with Crippen LogP contribution in [0.3, 0.4) is 0 Å². The molecule has 3 aromatic rings. The third-order valence-corrected chi connectivity index (χ3v) is 7.96. The van der Waals surface area contributed by atoms with Crippen LogP contribution >= 0.6 is 11.3 Å². The monoisotopic (exact) mass is 447 g/mol. The summed E-state index contributed by atoms with van der Waals surface area (Å²) in [7, 11) is 0. The van der Waals surface area contributed by atoms with Gasteiger partial charge in [0.2, 0.25) is 0 Å². The van der Waals surface area contributed by atoms with Crippen molar-refractivity contribution in [3.05, 3.63) is 82.9 Å². The van der Waals surface area contributed by atoms with Crippen molar-refractivity contribution < 1.29 is 9.90 Å². The first-order valence-electron chi connectivity index (χ1n) is 11.5. The molecule has 0 radical (unpaired) electrons. The van der Waals surface area contributed by atoms with Crippen LogP contribution in [0.1, 0.15) is 52.9 Å². The third kappa shape index (κ3) is 4.05. The van der Waals surface area contributed by atoms with Crippen molar-refractivity contribution in [2.75, 3.05) is 11.9 Å². The van der Waals surface area contributed by atoms with Gasteiger partial charge in [-0.3, -0.25) is 4.79 Å². The summed E-state index contributed by atoms with van der Waals surface area (Å²) in [6.07, 6.45) is 6.36. The normalized spacial score (nSPS) is 25.2. The van der Waals surface area contributed by atoms with E-state index in [0.29, 0.717) is 24.4 Å². The lowest BCUT2D eigenvalue weighted by molar-refractivity contribution is -0.110. The summed E-state index contributed by atoms with van der Waals surface area (Å²) in [6.45, 7) is 1.25. The van der Waals surface area contributed by atoms with Gasteiger partial charge in [0.1, 0.15) is 4.88 Å². The van der Waals surface area contributed by atoms with Crippen LogP contribution < -0.4 is 5.32 Å². The van der Waals surface area contributed by atoms with Gasteiger partial charge in [0.15, 0.2) is 5.13 Å². The first-order chi connectivity index (χ1) is 15.6. The van der Waals surface area contributed by atoms with Crippen molar-refractivity contribution in [3.8, 4) is 0 Å². The van der Waals surface area contributed by atoms with Crippen molar-refractivity contribution in [2.45, 2.75) is 50.3 Å². The van der Waals surface area contributed by atoms with E-state index < -0.39 is 5.60 Å². The summed E-state index contributed by atoms with van der Waals surface area (Å²) in [4.78, 5) is 20.6. The van der Waals surface area contributed by atoms with E-state index in [1.165, 1.54) is 16.9 Å². The molecular formula is C26H29N3O2S. The summed E-state index contributed by atoms with van der Waals surface area (Å²) in [5.74, 6) is 0.113. The number of aliphatic hydroxyl groups is 1. The Morgan fingerprint density at radius 1 is 1.09 bits per heavy atom. The van der Waals surface area contributed by atoms with Gasteiger partial charge in [0.25, 0.3) is 5.91 Å². The standard InChI is InChI=1S/C26H29N3O2S/c30-24(23-18-28-25(32-23)27-17-19-9-3-1-4-10-19)29-16-15-26(31,20-11-5-2-6-12-20)21-13-7-8-14-22(21)29/h1-6,9-12,18,21-22,31H,7-8,13-17H2,(H,27,28)/t21-,22+,26?/m1/s1. The van der Waals surface area contributed by atoms with Crippen molar-refractivity contribution in [2.24, 2.45) is 5.92 Å². The van der Waals surface area contributed by atoms with E-state index >= 15 is 0 Å². The minimum absolute atomic E-state index is 0.0438. The van der Waals surface area contributed by atoms with Crippen LogP contribution in [0.5, 0.6) is 0 Å². The van der Waals surface area contributed by atoms with E-state index in [1.807, 2.05) is 53.4 Å². The highest BCUT2D eigenvalue weighted by Crippen LogP contribution is 2.47. The molecule has 1 amide bonds. The van der Waals surface area contributed by atoms with Crippen molar-refractivity contribution in [1.29, 1.82) is 0 Å². The van der Waals surface area contributed by atoms with Crippen LogP contribution in [-0.4, -0.2) is 33.5 Å². The Morgan fingerprint density at radius 2 is 1.81 bits per heavy atom. The quantitative estimate of drug-likeness (QED) is 0.575. The van der Waals surface area contributed by atoms with E-state index in [0.717, 1.165) is 36.4 Å². The molecule has 32 heavy (non-hydrogen) atoms. The number of amides is 1. The Labute approximate surface area is 193 Å². The molecular weight excluding hydrogens is 418 g/mol. The molecule has 3 atom stereocenters. The highest BCUT2D eigenvalue weighted by Gasteiger charge is 2.50. The SMILES string of the molecule is O=C(c1cnc(NCc2ccccc2)s1)N1CCC(O)(c2ccccc2)[C@@H]2CCCC[C@@H]21. The summed E-state index contributed by atoms with van der Waals surface area (Å²) in [5, 5.41) is 15.8. The smallest absolute Gasteiger partial charge is 0.265 e. The Kier molecular flexibility index (Phi) is 5.98. The molecule has 0 spiro atoms. The topological polar surface area (TPSA) is 65.5 Å². The molecule has 1 saturated carbocycles. The lowest BCUT2D eigenvalue weighted by atomic mass is 9.66. The van der Waals surface area contributed by atoms with Crippen molar-refractivity contribution >= 4 is 22.4 Å². The second kappa shape index (κ2) is 9.04. The number of anilines is 1. The maximum Gasteiger partial charge on any atom is 0.265 e. The minimum Gasteiger partial charge on any atom is -0.385 e. The second-order valence-electron chi connectivity index (χ2n) is 8.87. The predicted octanol–water partition coefficient (Wildman–Crippen LogP) is 5.05. The first-order valence-corrected chi connectivity index (χ1v) is 12.3. The minimum atomic E-state index is -0.862. The van der Waals surface area contributed by atoms with Crippen LogP contribution in [-0.2, 0) is 12.1 Å². The fourth-order valence-corrected chi connectivity index (χ4v) is 6.16. The molecule has 0 bridgehead atoms. The molecule has 5 rings (SSSR count). The number of carbonyl (C=O) groups excluding carboxylic acids is 1. The molecule has 2 fully saturated rings. The zero-order valence-electron chi connectivity index (χ0n) is 18.1. The van der Waals surface area contributed by atoms with E-state index in [9.17, 15) is 9.90 Å². The van der Waals surface area contributed by atoms with Crippen molar-refractivity contribution in [1.82, 2.24) is 9.88 Å². The number of nitrogens with zero attached hydrogens (tertiary/aromatic N) is 2. The molecule has 2 aliphatic rings. The number of fused-ring (bicyclic) bond motifs is 1. The lowest BCUT2D eigenvalue weighted by Crippen LogP contribution is -2.58. The number of nitrogens with one attached hydrogen (secondary N) is 1. The summed E-state index contributed by atoms with van der Waals surface area (Å²) in [5.41, 5.74) is 1.30. The highest BCUT2D eigenvalue weighted by atomic mass is 32.1. The number of piperidine rings is 1. The zero-order chi connectivity index (χ0) is 22.0. The van der Waals surface area contributed by atoms with E-state index in [4.69, 9.17) is 0 Å².